The zero-order chi connectivity index (χ0) is 12.3. The Balaban J connectivity index is 2.07. The molecule has 2 rings (SSSR count). The van der Waals surface area contributed by atoms with Crippen molar-refractivity contribution in [2.24, 2.45) is 5.84 Å². The molecule has 8 heteroatoms. The molecule has 2 heterocycles. The SMILES string of the molecule is Cc1cc(CNc2nc(NN)ncc2Cl)no1. The molecule has 4 N–H and O–H groups in total. The number of halogens is 1. The van der Waals surface area contributed by atoms with Crippen molar-refractivity contribution in [1.82, 2.24) is 15.1 Å². The molecule has 2 aromatic rings. The maximum absolute atomic E-state index is 5.92. The number of nitrogens with one attached hydrogen (secondary N) is 2. The number of hydrogen-bond acceptors (Lipinski definition) is 7. The molecule has 2 aromatic heterocycles. The number of hydrazine groups is 1. The molecule has 90 valence electrons. The minimum Gasteiger partial charge on any atom is -0.363 e. The van der Waals surface area contributed by atoms with Crippen molar-refractivity contribution in [3.05, 3.63) is 28.7 Å². The number of nitrogens with two attached hydrogens (primary N) is 1. The highest BCUT2D eigenvalue weighted by Crippen LogP contribution is 2.19. The first-order chi connectivity index (χ1) is 8.19. The van der Waals surface area contributed by atoms with Gasteiger partial charge >= 0.3 is 0 Å². The van der Waals surface area contributed by atoms with Crippen LogP contribution in [-0.2, 0) is 6.54 Å². The summed E-state index contributed by atoms with van der Waals surface area (Å²) in [6, 6.07) is 1.82. The lowest BCUT2D eigenvalue weighted by atomic mass is 10.4. The third-order valence-corrected chi connectivity index (χ3v) is 2.26. The molecule has 0 amide bonds. The summed E-state index contributed by atoms with van der Waals surface area (Å²) in [6.45, 7) is 2.28. The molecule has 0 bridgehead atoms. The van der Waals surface area contributed by atoms with Crippen molar-refractivity contribution < 1.29 is 4.52 Å². The molecule has 0 radical (unpaired) electrons. The Bertz CT molecular complexity index is 514. The van der Waals surface area contributed by atoms with Gasteiger partial charge in [0.1, 0.15) is 16.5 Å². The maximum Gasteiger partial charge on any atom is 0.239 e. The van der Waals surface area contributed by atoms with Gasteiger partial charge in [-0.15, -0.1) is 0 Å². The van der Waals surface area contributed by atoms with Gasteiger partial charge in [-0.05, 0) is 6.92 Å². The molecule has 0 aliphatic heterocycles. The number of anilines is 2. The summed E-state index contributed by atoms with van der Waals surface area (Å²) < 4.78 is 4.94. The largest absolute Gasteiger partial charge is 0.363 e. The zero-order valence-electron chi connectivity index (χ0n) is 9.07. The van der Waals surface area contributed by atoms with Crippen molar-refractivity contribution in [2.75, 3.05) is 10.7 Å². The quantitative estimate of drug-likeness (QED) is 0.559. The van der Waals surface area contributed by atoms with Crippen LogP contribution in [0.3, 0.4) is 0 Å². The van der Waals surface area contributed by atoms with Crippen molar-refractivity contribution in [2.45, 2.75) is 13.5 Å². The highest BCUT2D eigenvalue weighted by atomic mass is 35.5. The van der Waals surface area contributed by atoms with Crippen LogP contribution >= 0.6 is 11.6 Å². The van der Waals surface area contributed by atoms with Crippen molar-refractivity contribution in [3.8, 4) is 0 Å². The van der Waals surface area contributed by atoms with Crippen molar-refractivity contribution in [1.29, 1.82) is 0 Å². The normalized spacial score (nSPS) is 10.3. The van der Waals surface area contributed by atoms with Gasteiger partial charge in [-0.25, -0.2) is 10.8 Å². The third kappa shape index (κ3) is 2.83. The standard InChI is InChI=1S/C9H11ClN6O/c1-5-2-6(16-17-5)3-12-8-7(10)4-13-9(14-8)15-11/h2,4H,3,11H2,1H3,(H2,12,13,14,15). The second kappa shape index (κ2) is 4.98. The fraction of sp³-hybridized carbons (Fsp3) is 0.222. The van der Waals surface area contributed by atoms with E-state index in [4.69, 9.17) is 22.0 Å². The molecule has 0 aromatic carbocycles. The van der Waals surface area contributed by atoms with Crippen LogP contribution < -0.4 is 16.6 Å². The smallest absolute Gasteiger partial charge is 0.239 e. The molecule has 0 spiro atoms. The first-order valence-electron chi connectivity index (χ1n) is 4.84. The Labute approximate surface area is 102 Å². The lowest BCUT2D eigenvalue weighted by Crippen LogP contribution is -2.12. The van der Waals surface area contributed by atoms with Gasteiger partial charge in [0, 0.05) is 6.07 Å². The molecule has 7 nitrogen and oxygen atoms in total. The van der Waals surface area contributed by atoms with Gasteiger partial charge in [-0.3, -0.25) is 5.43 Å². The topological polar surface area (TPSA) is 102 Å². The number of aryl methyl sites for hydroxylation is 1. The third-order valence-electron chi connectivity index (χ3n) is 1.99. The first kappa shape index (κ1) is 11.6. The molecule has 0 fully saturated rings. The van der Waals surface area contributed by atoms with E-state index >= 15 is 0 Å². The van der Waals surface area contributed by atoms with E-state index in [9.17, 15) is 0 Å². The van der Waals surface area contributed by atoms with Crippen LogP contribution in [0.4, 0.5) is 11.8 Å². The van der Waals surface area contributed by atoms with Gasteiger partial charge in [0.15, 0.2) is 5.82 Å². The molecule has 0 aliphatic rings. The first-order valence-corrected chi connectivity index (χ1v) is 5.22. The van der Waals surface area contributed by atoms with Crippen LogP contribution in [0.1, 0.15) is 11.5 Å². The van der Waals surface area contributed by atoms with E-state index in [0.29, 0.717) is 17.4 Å². The number of hydrogen-bond donors (Lipinski definition) is 3. The molecular formula is C9H11ClN6O. The summed E-state index contributed by atoms with van der Waals surface area (Å²) >= 11 is 5.92. The van der Waals surface area contributed by atoms with Crippen LogP contribution in [0.5, 0.6) is 0 Å². The summed E-state index contributed by atoms with van der Waals surface area (Å²) in [5, 5.41) is 7.26. The average Bonchev–Trinajstić information content (AvgIpc) is 2.74. The van der Waals surface area contributed by atoms with Gasteiger partial charge in [0.25, 0.3) is 0 Å². The molecule has 0 unspecified atom stereocenters. The van der Waals surface area contributed by atoms with Crippen LogP contribution in [0.2, 0.25) is 5.02 Å². The predicted octanol–water partition coefficient (Wildman–Crippen LogP) is 1.32. The number of aromatic nitrogens is 3. The summed E-state index contributed by atoms with van der Waals surface area (Å²) in [6.07, 6.45) is 1.46. The van der Waals surface area contributed by atoms with E-state index in [1.807, 2.05) is 13.0 Å². The fourth-order valence-corrected chi connectivity index (χ4v) is 1.39. The number of nitrogens with zero attached hydrogens (tertiary/aromatic N) is 3. The second-order valence-corrected chi connectivity index (χ2v) is 3.72. The number of rotatable bonds is 4. The van der Waals surface area contributed by atoms with Crippen molar-refractivity contribution >= 4 is 23.4 Å². The van der Waals surface area contributed by atoms with Crippen LogP contribution in [0.15, 0.2) is 16.8 Å². The lowest BCUT2D eigenvalue weighted by Gasteiger charge is -2.06. The van der Waals surface area contributed by atoms with Crippen LogP contribution in [-0.4, -0.2) is 15.1 Å². The van der Waals surface area contributed by atoms with Gasteiger partial charge in [0.05, 0.1) is 12.7 Å². The highest BCUT2D eigenvalue weighted by molar-refractivity contribution is 6.32. The summed E-state index contributed by atoms with van der Waals surface area (Å²) in [5.41, 5.74) is 3.11. The van der Waals surface area contributed by atoms with E-state index in [1.165, 1.54) is 6.20 Å². The van der Waals surface area contributed by atoms with Crippen molar-refractivity contribution in [3.63, 3.8) is 0 Å². The Morgan fingerprint density at radius 1 is 1.53 bits per heavy atom. The molecule has 0 saturated heterocycles. The summed E-state index contributed by atoms with van der Waals surface area (Å²) in [7, 11) is 0. The Morgan fingerprint density at radius 2 is 2.35 bits per heavy atom. The van der Waals surface area contributed by atoms with E-state index < -0.39 is 0 Å². The van der Waals surface area contributed by atoms with Gasteiger partial charge in [0.2, 0.25) is 5.95 Å². The molecule has 0 aliphatic carbocycles. The second-order valence-electron chi connectivity index (χ2n) is 3.32. The minimum atomic E-state index is 0.285. The van der Waals surface area contributed by atoms with Gasteiger partial charge < -0.3 is 9.84 Å². The average molecular weight is 255 g/mol. The number of nitrogen functional groups attached to an aromatic ring is 1. The van der Waals surface area contributed by atoms with Gasteiger partial charge in [-0.2, -0.15) is 4.98 Å². The van der Waals surface area contributed by atoms with Gasteiger partial charge in [-0.1, -0.05) is 16.8 Å². The van der Waals surface area contributed by atoms with E-state index in [-0.39, 0.29) is 5.95 Å². The Hall–Kier alpha value is -1.86. The molecule has 17 heavy (non-hydrogen) atoms. The fourth-order valence-electron chi connectivity index (χ4n) is 1.24. The minimum absolute atomic E-state index is 0.285. The summed E-state index contributed by atoms with van der Waals surface area (Å²) in [4.78, 5) is 7.93. The van der Waals surface area contributed by atoms with E-state index in [2.05, 4.69) is 25.9 Å². The maximum atomic E-state index is 5.92. The van der Waals surface area contributed by atoms with Crippen LogP contribution in [0, 0.1) is 6.92 Å². The lowest BCUT2D eigenvalue weighted by molar-refractivity contribution is 0.391. The molecule has 0 saturated carbocycles. The van der Waals surface area contributed by atoms with E-state index in [1.54, 1.807) is 0 Å². The highest BCUT2D eigenvalue weighted by Gasteiger charge is 2.06. The Kier molecular flexibility index (Phi) is 3.40. The Morgan fingerprint density at radius 3 is 3.00 bits per heavy atom. The molecular weight excluding hydrogens is 244 g/mol. The predicted molar refractivity (Wildman–Crippen MR) is 63.4 cm³/mol. The monoisotopic (exact) mass is 254 g/mol. The molecule has 0 atom stereocenters. The summed E-state index contributed by atoms with van der Waals surface area (Å²) in [5.74, 6) is 6.72. The van der Waals surface area contributed by atoms with E-state index in [0.717, 1.165) is 11.5 Å². The zero-order valence-corrected chi connectivity index (χ0v) is 9.82. The van der Waals surface area contributed by atoms with Crippen LogP contribution in [0.25, 0.3) is 0 Å².